The van der Waals surface area contributed by atoms with Crippen molar-refractivity contribution in [2.45, 2.75) is 19.8 Å². The van der Waals surface area contributed by atoms with Crippen LogP contribution in [0, 0.1) is 6.92 Å². The fraction of sp³-hybridized carbons (Fsp3) is 0.458. The second kappa shape index (κ2) is 13.9. The lowest BCUT2D eigenvalue weighted by atomic mass is 10.1. The summed E-state index contributed by atoms with van der Waals surface area (Å²) < 4.78 is 5.44. The van der Waals surface area contributed by atoms with Crippen molar-refractivity contribution in [3.63, 3.8) is 0 Å². The quantitative estimate of drug-likeness (QED) is 0.291. The third kappa shape index (κ3) is 8.06. The summed E-state index contributed by atoms with van der Waals surface area (Å²) in [5, 5.41) is 6.55. The smallest absolute Gasteiger partial charge is 0.224 e. The number of carbonyl (C=O) groups excluding carboxylic acids is 1. The van der Waals surface area contributed by atoms with Crippen molar-refractivity contribution >= 4 is 41.7 Å². The number of pyridine rings is 1. The maximum absolute atomic E-state index is 12.6. The summed E-state index contributed by atoms with van der Waals surface area (Å²) >= 11 is 0. The molecule has 2 aromatic rings. The summed E-state index contributed by atoms with van der Waals surface area (Å²) in [4.78, 5) is 25.4. The second-order valence-electron chi connectivity index (χ2n) is 7.80. The summed E-state index contributed by atoms with van der Waals surface area (Å²) in [6, 6.07) is 12.1. The number of benzene rings is 1. The number of anilines is 1. The van der Waals surface area contributed by atoms with Crippen LogP contribution >= 0.6 is 24.0 Å². The van der Waals surface area contributed by atoms with Crippen molar-refractivity contribution in [3.05, 3.63) is 53.7 Å². The Morgan fingerprint density at radius 3 is 2.55 bits per heavy atom. The van der Waals surface area contributed by atoms with Crippen LogP contribution in [0.15, 0.2) is 47.6 Å². The van der Waals surface area contributed by atoms with E-state index in [1.807, 2.05) is 35.2 Å². The molecule has 0 aliphatic carbocycles. The molecule has 1 saturated heterocycles. The number of nitrogens with zero attached hydrogens (tertiary/aromatic N) is 4. The van der Waals surface area contributed by atoms with Gasteiger partial charge in [0.2, 0.25) is 5.91 Å². The maximum atomic E-state index is 12.6. The van der Waals surface area contributed by atoms with Gasteiger partial charge in [0.15, 0.2) is 5.96 Å². The molecule has 0 spiro atoms. The Hall–Kier alpha value is -2.56. The van der Waals surface area contributed by atoms with Gasteiger partial charge in [-0.25, -0.2) is 4.98 Å². The number of hydrogen-bond acceptors (Lipinski definition) is 5. The third-order valence-electron chi connectivity index (χ3n) is 5.58. The van der Waals surface area contributed by atoms with E-state index in [-0.39, 0.29) is 29.9 Å². The molecule has 8 nitrogen and oxygen atoms in total. The molecule has 180 valence electrons. The molecule has 2 N–H and O–H groups in total. The number of aromatic nitrogens is 1. The van der Waals surface area contributed by atoms with Crippen molar-refractivity contribution in [2.75, 3.05) is 58.3 Å². The molecule has 1 aliphatic rings. The van der Waals surface area contributed by atoms with Gasteiger partial charge in [0.05, 0.1) is 7.11 Å². The first-order valence-electron chi connectivity index (χ1n) is 11.1. The largest absolute Gasteiger partial charge is 0.496 e. The zero-order chi connectivity index (χ0) is 22.8. The first-order chi connectivity index (χ1) is 15.6. The molecule has 33 heavy (non-hydrogen) atoms. The Labute approximate surface area is 213 Å². The number of halogens is 1. The highest BCUT2D eigenvalue weighted by atomic mass is 127. The number of carbonyl (C=O) groups is 1. The first kappa shape index (κ1) is 26.7. The lowest BCUT2D eigenvalue weighted by Crippen LogP contribution is -2.49. The standard InChI is InChI=1S/C24H34N6O2.HI/c1-19-7-8-21(32-3)20(18-19)9-12-27-24(25-2)28-13-10-23(31)30-16-14-29(15-17-30)22-6-4-5-11-26-22;/h4-8,11,18H,9-10,12-17H2,1-3H3,(H2,25,27,28);1H. The van der Waals surface area contributed by atoms with Crippen LogP contribution in [0.2, 0.25) is 0 Å². The number of aliphatic imine (C=N–C) groups is 1. The average Bonchev–Trinajstić information content (AvgIpc) is 2.83. The summed E-state index contributed by atoms with van der Waals surface area (Å²) in [5.74, 6) is 2.73. The number of aryl methyl sites for hydroxylation is 1. The number of rotatable bonds is 8. The predicted octanol–water partition coefficient (Wildman–Crippen LogP) is 2.46. The van der Waals surface area contributed by atoms with Gasteiger partial charge in [0, 0.05) is 58.9 Å². The summed E-state index contributed by atoms with van der Waals surface area (Å²) in [5.41, 5.74) is 2.37. The van der Waals surface area contributed by atoms with E-state index >= 15 is 0 Å². The van der Waals surface area contributed by atoms with E-state index in [9.17, 15) is 4.79 Å². The Balaban J connectivity index is 0.00000385. The van der Waals surface area contributed by atoms with Crippen molar-refractivity contribution in [1.82, 2.24) is 20.5 Å². The van der Waals surface area contributed by atoms with Crippen molar-refractivity contribution in [1.29, 1.82) is 0 Å². The normalized spacial score (nSPS) is 13.8. The maximum Gasteiger partial charge on any atom is 0.224 e. The van der Waals surface area contributed by atoms with Gasteiger partial charge in [0.25, 0.3) is 0 Å². The zero-order valence-corrected chi connectivity index (χ0v) is 22.0. The van der Waals surface area contributed by atoms with Gasteiger partial charge in [-0.3, -0.25) is 9.79 Å². The van der Waals surface area contributed by atoms with Crippen LogP contribution in [0.5, 0.6) is 5.75 Å². The Kier molecular flexibility index (Phi) is 11.2. The highest BCUT2D eigenvalue weighted by Crippen LogP contribution is 2.19. The number of piperazine rings is 1. The Morgan fingerprint density at radius 1 is 1.12 bits per heavy atom. The van der Waals surface area contributed by atoms with Gasteiger partial charge in [-0.05, 0) is 37.1 Å². The molecule has 0 bridgehead atoms. The van der Waals surface area contributed by atoms with E-state index in [2.05, 4.69) is 38.5 Å². The van der Waals surface area contributed by atoms with Crippen LogP contribution in [-0.2, 0) is 11.2 Å². The Bertz CT molecular complexity index is 901. The number of hydrogen-bond donors (Lipinski definition) is 2. The molecule has 1 amide bonds. The molecule has 0 radical (unpaired) electrons. The van der Waals surface area contributed by atoms with Gasteiger partial charge in [0.1, 0.15) is 11.6 Å². The van der Waals surface area contributed by atoms with E-state index in [1.165, 1.54) is 5.56 Å². The molecular formula is C24H35IN6O2. The highest BCUT2D eigenvalue weighted by Gasteiger charge is 2.21. The monoisotopic (exact) mass is 566 g/mol. The van der Waals surface area contributed by atoms with Crippen LogP contribution in [0.4, 0.5) is 5.82 Å². The second-order valence-corrected chi connectivity index (χ2v) is 7.80. The van der Waals surface area contributed by atoms with Gasteiger partial charge in [-0.1, -0.05) is 23.8 Å². The number of guanidine groups is 1. The fourth-order valence-electron chi connectivity index (χ4n) is 3.81. The van der Waals surface area contributed by atoms with E-state index < -0.39 is 0 Å². The van der Waals surface area contributed by atoms with Crippen molar-refractivity contribution < 1.29 is 9.53 Å². The zero-order valence-electron chi connectivity index (χ0n) is 19.7. The lowest BCUT2D eigenvalue weighted by Gasteiger charge is -2.35. The molecule has 1 aromatic heterocycles. The number of ether oxygens (including phenoxy) is 1. The third-order valence-corrected chi connectivity index (χ3v) is 5.58. The van der Waals surface area contributed by atoms with E-state index in [4.69, 9.17) is 4.74 Å². The number of methoxy groups -OCH3 is 1. The minimum atomic E-state index is 0. The van der Waals surface area contributed by atoms with Crippen LogP contribution in [-0.4, -0.2) is 75.2 Å². The minimum absolute atomic E-state index is 0. The summed E-state index contributed by atoms with van der Waals surface area (Å²) in [7, 11) is 3.43. The van der Waals surface area contributed by atoms with Crippen LogP contribution in [0.1, 0.15) is 17.5 Å². The topological polar surface area (TPSA) is 82.1 Å². The van der Waals surface area contributed by atoms with E-state index in [0.29, 0.717) is 18.9 Å². The summed E-state index contributed by atoms with van der Waals surface area (Å²) in [6.07, 6.45) is 3.07. The van der Waals surface area contributed by atoms with Crippen LogP contribution in [0.3, 0.4) is 0 Å². The van der Waals surface area contributed by atoms with Gasteiger partial charge in [-0.15, -0.1) is 24.0 Å². The number of amides is 1. The molecule has 2 heterocycles. The van der Waals surface area contributed by atoms with Gasteiger partial charge in [-0.2, -0.15) is 0 Å². The fourth-order valence-corrected chi connectivity index (χ4v) is 3.81. The lowest BCUT2D eigenvalue weighted by molar-refractivity contribution is -0.131. The number of nitrogens with one attached hydrogen (secondary N) is 2. The average molecular weight is 566 g/mol. The predicted molar refractivity (Wildman–Crippen MR) is 144 cm³/mol. The van der Waals surface area contributed by atoms with Gasteiger partial charge >= 0.3 is 0 Å². The molecule has 1 aliphatic heterocycles. The molecule has 9 heteroatoms. The molecule has 1 fully saturated rings. The molecule has 1 aromatic carbocycles. The van der Waals surface area contributed by atoms with Crippen molar-refractivity contribution in [3.8, 4) is 5.75 Å². The van der Waals surface area contributed by atoms with E-state index in [1.54, 1.807) is 20.4 Å². The SMILES string of the molecule is CN=C(NCCC(=O)N1CCN(c2ccccn2)CC1)NCCc1cc(C)ccc1OC.I. The summed E-state index contributed by atoms with van der Waals surface area (Å²) in [6.45, 7) is 6.41. The first-order valence-corrected chi connectivity index (χ1v) is 11.1. The van der Waals surface area contributed by atoms with E-state index in [0.717, 1.165) is 56.3 Å². The molecule has 0 unspecified atom stereocenters. The molecular weight excluding hydrogens is 531 g/mol. The minimum Gasteiger partial charge on any atom is -0.496 e. The molecule has 0 saturated carbocycles. The molecule has 3 rings (SSSR count). The van der Waals surface area contributed by atoms with Crippen LogP contribution in [0.25, 0.3) is 0 Å². The highest BCUT2D eigenvalue weighted by molar-refractivity contribution is 14.0. The Morgan fingerprint density at radius 2 is 1.88 bits per heavy atom. The van der Waals surface area contributed by atoms with Gasteiger partial charge < -0.3 is 25.2 Å². The molecule has 0 atom stereocenters. The van der Waals surface area contributed by atoms with Crippen LogP contribution < -0.4 is 20.3 Å². The van der Waals surface area contributed by atoms with Crippen molar-refractivity contribution in [2.24, 2.45) is 4.99 Å².